The predicted octanol–water partition coefficient (Wildman–Crippen LogP) is 3.36. The molecule has 0 spiro atoms. The highest BCUT2D eigenvalue weighted by atomic mass is 32.2. The fraction of sp³-hybridized carbons (Fsp3) is 0.125. The van der Waals surface area contributed by atoms with Gasteiger partial charge in [-0.1, -0.05) is 60.7 Å². The maximum Gasteiger partial charge on any atom is 0.0498 e. The second kappa shape index (κ2) is 4.91. The summed E-state index contributed by atoms with van der Waals surface area (Å²) < 4.78 is 11.9. The van der Waals surface area contributed by atoms with Crippen molar-refractivity contribution in [2.75, 3.05) is 11.5 Å². The Balaban J connectivity index is 2.11. The summed E-state index contributed by atoms with van der Waals surface area (Å²) >= 11 is 0. The smallest absolute Gasteiger partial charge is 0.0498 e. The Morgan fingerprint density at radius 3 is 1.44 bits per heavy atom. The van der Waals surface area contributed by atoms with Crippen LogP contribution in [0, 0.1) is 0 Å². The molecule has 18 heavy (non-hydrogen) atoms. The second-order valence-corrected chi connectivity index (χ2v) is 5.87. The van der Waals surface area contributed by atoms with E-state index in [1.807, 2.05) is 36.4 Å². The third kappa shape index (κ3) is 2.16. The Morgan fingerprint density at radius 1 is 0.667 bits per heavy atom. The Kier molecular flexibility index (Phi) is 3.11. The molecule has 2 aromatic rings. The third-order valence-corrected chi connectivity index (χ3v) is 4.44. The highest BCUT2D eigenvalue weighted by Crippen LogP contribution is 2.32. The lowest BCUT2D eigenvalue weighted by atomic mass is 9.97. The van der Waals surface area contributed by atoms with Gasteiger partial charge in [0.05, 0.1) is 0 Å². The van der Waals surface area contributed by atoms with Crippen molar-refractivity contribution in [2.45, 2.75) is 0 Å². The first-order chi connectivity index (χ1) is 8.84. The lowest BCUT2D eigenvalue weighted by Gasteiger charge is -2.06. The average Bonchev–Trinajstić information content (AvgIpc) is 2.83. The van der Waals surface area contributed by atoms with E-state index in [1.165, 1.54) is 22.3 Å². The molecule has 0 unspecified atom stereocenters. The van der Waals surface area contributed by atoms with Gasteiger partial charge in [0.2, 0.25) is 0 Å². The molecule has 2 aromatic carbocycles. The third-order valence-electron chi connectivity index (χ3n) is 3.22. The Morgan fingerprint density at radius 2 is 1.06 bits per heavy atom. The molecule has 1 nitrogen and oxygen atoms in total. The molecule has 0 aromatic heterocycles. The lowest BCUT2D eigenvalue weighted by molar-refractivity contribution is 0.688. The zero-order chi connectivity index (χ0) is 12.4. The highest BCUT2D eigenvalue weighted by molar-refractivity contribution is 7.86. The predicted molar refractivity (Wildman–Crippen MR) is 77.6 cm³/mol. The van der Waals surface area contributed by atoms with E-state index in [2.05, 4.69) is 24.3 Å². The average molecular weight is 254 g/mol. The van der Waals surface area contributed by atoms with E-state index in [0.717, 1.165) is 0 Å². The van der Waals surface area contributed by atoms with Crippen molar-refractivity contribution in [3.63, 3.8) is 0 Å². The fourth-order valence-electron chi connectivity index (χ4n) is 2.34. The van der Waals surface area contributed by atoms with Gasteiger partial charge in [0, 0.05) is 22.3 Å². The molecule has 1 heterocycles. The van der Waals surface area contributed by atoms with Gasteiger partial charge in [-0.2, -0.15) is 0 Å². The molecular weight excluding hydrogens is 240 g/mol. The Bertz CT molecular complexity index is 546. The number of benzene rings is 2. The van der Waals surface area contributed by atoms with Crippen LogP contribution >= 0.6 is 0 Å². The quantitative estimate of drug-likeness (QED) is 0.803. The van der Waals surface area contributed by atoms with Crippen molar-refractivity contribution in [1.82, 2.24) is 0 Å². The maximum absolute atomic E-state index is 11.9. The van der Waals surface area contributed by atoms with Crippen LogP contribution in [0.1, 0.15) is 11.1 Å². The number of hydrogen-bond donors (Lipinski definition) is 0. The molecule has 0 N–H and O–H groups in total. The standard InChI is InChI=1S/C16H14OS/c17-18-11-15(13-7-3-1-4-8-13)16(12-18)14-9-5-2-6-10-14/h1-10H,11-12H2. The van der Waals surface area contributed by atoms with E-state index in [0.29, 0.717) is 11.5 Å². The van der Waals surface area contributed by atoms with E-state index in [9.17, 15) is 4.21 Å². The lowest BCUT2D eigenvalue weighted by Crippen LogP contribution is -1.92. The zero-order valence-electron chi connectivity index (χ0n) is 10.0. The monoisotopic (exact) mass is 254 g/mol. The van der Waals surface area contributed by atoms with Crippen LogP contribution in [0.15, 0.2) is 60.7 Å². The molecule has 0 fully saturated rings. The summed E-state index contributed by atoms with van der Waals surface area (Å²) in [5.74, 6) is 1.35. The van der Waals surface area contributed by atoms with E-state index in [4.69, 9.17) is 0 Å². The minimum Gasteiger partial charge on any atom is -0.259 e. The normalized spacial score (nSPS) is 16.2. The van der Waals surface area contributed by atoms with E-state index in [-0.39, 0.29) is 0 Å². The van der Waals surface area contributed by atoms with Crippen molar-refractivity contribution in [2.24, 2.45) is 0 Å². The minimum absolute atomic E-state index is 0.675. The summed E-state index contributed by atoms with van der Waals surface area (Å²) in [6.07, 6.45) is 0. The molecule has 90 valence electrons. The fourth-order valence-corrected chi connectivity index (χ4v) is 3.77. The number of rotatable bonds is 2. The molecule has 0 saturated heterocycles. The van der Waals surface area contributed by atoms with Gasteiger partial charge in [0.1, 0.15) is 0 Å². The van der Waals surface area contributed by atoms with Crippen LogP contribution in [0.3, 0.4) is 0 Å². The molecule has 0 atom stereocenters. The first kappa shape index (κ1) is 11.4. The van der Waals surface area contributed by atoms with Crippen LogP contribution in [0.4, 0.5) is 0 Å². The second-order valence-electron chi connectivity index (χ2n) is 4.42. The summed E-state index contributed by atoms with van der Waals surface area (Å²) in [6, 6.07) is 20.6. The molecule has 0 bridgehead atoms. The largest absolute Gasteiger partial charge is 0.259 e. The molecule has 0 amide bonds. The summed E-state index contributed by atoms with van der Waals surface area (Å²) in [4.78, 5) is 0. The molecular formula is C16H14OS. The number of hydrogen-bond acceptors (Lipinski definition) is 1. The molecule has 0 aliphatic carbocycles. The van der Waals surface area contributed by atoms with Gasteiger partial charge in [-0.3, -0.25) is 4.21 Å². The van der Waals surface area contributed by atoms with Crippen LogP contribution in [-0.4, -0.2) is 15.7 Å². The Labute approximate surface area is 110 Å². The molecule has 3 rings (SSSR count). The van der Waals surface area contributed by atoms with Crippen LogP contribution in [0.2, 0.25) is 0 Å². The minimum atomic E-state index is -0.758. The van der Waals surface area contributed by atoms with Crippen molar-refractivity contribution in [3.8, 4) is 0 Å². The first-order valence-electron chi connectivity index (χ1n) is 6.02. The molecule has 0 saturated carbocycles. The maximum atomic E-state index is 11.9. The molecule has 1 aliphatic rings. The van der Waals surface area contributed by atoms with Crippen molar-refractivity contribution >= 4 is 21.9 Å². The van der Waals surface area contributed by atoms with Crippen LogP contribution in [-0.2, 0) is 10.8 Å². The van der Waals surface area contributed by atoms with E-state index < -0.39 is 10.8 Å². The molecule has 0 radical (unpaired) electrons. The van der Waals surface area contributed by atoms with Crippen molar-refractivity contribution in [3.05, 3.63) is 71.8 Å². The summed E-state index contributed by atoms with van der Waals surface area (Å²) in [7, 11) is -0.758. The van der Waals surface area contributed by atoms with Crippen molar-refractivity contribution in [1.29, 1.82) is 0 Å². The summed E-state index contributed by atoms with van der Waals surface area (Å²) in [5, 5.41) is 0. The van der Waals surface area contributed by atoms with Gasteiger partial charge in [-0.15, -0.1) is 0 Å². The topological polar surface area (TPSA) is 17.1 Å². The summed E-state index contributed by atoms with van der Waals surface area (Å²) in [5.41, 5.74) is 4.87. The van der Waals surface area contributed by atoms with Crippen LogP contribution in [0.5, 0.6) is 0 Å². The summed E-state index contributed by atoms with van der Waals surface area (Å²) in [6.45, 7) is 0. The zero-order valence-corrected chi connectivity index (χ0v) is 10.8. The SMILES string of the molecule is O=S1CC(c2ccccc2)=C(c2ccccc2)C1. The van der Waals surface area contributed by atoms with Gasteiger partial charge in [-0.05, 0) is 22.3 Å². The van der Waals surface area contributed by atoms with Crippen LogP contribution in [0.25, 0.3) is 11.1 Å². The van der Waals surface area contributed by atoms with Gasteiger partial charge in [0.25, 0.3) is 0 Å². The van der Waals surface area contributed by atoms with Crippen molar-refractivity contribution < 1.29 is 4.21 Å². The Hall–Kier alpha value is -1.67. The van der Waals surface area contributed by atoms with Gasteiger partial charge < -0.3 is 0 Å². The first-order valence-corrected chi connectivity index (χ1v) is 7.51. The van der Waals surface area contributed by atoms with Gasteiger partial charge in [0.15, 0.2) is 0 Å². The molecule has 1 aliphatic heterocycles. The highest BCUT2D eigenvalue weighted by Gasteiger charge is 2.22. The van der Waals surface area contributed by atoms with E-state index >= 15 is 0 Å². The van der Waals surface area contributed by atoms with Gasteiger partial charge in [-0.25, -0.2) is 0 Å². The van der Waals surface area contributed by atoms with E-state index in [1.54, 1.807) is 0 Å². The van der Waals surface area contributed by atoms with Gasteiger partial charge >= 0.3 is 0 Å². The molecule has 2 heteroatoms. The van der Waals surface area contributed by atoms with Crippen LogP contribution < -0.4 is 0 Å².